The molecular weight excluding hydrogens is 198 g/mol. The van der Waals surface area contributed by atoms with Crippen LogP contribution in [-0.4, -0.2) is 6.61 Å². The van der Waals surface area contributed by atoms with Gasteiger partial charge in [0.25, 0.3) is 0 Å². The first-order chi connectivity index (χ1) is 6.76. The maximum atomic E-state index is 8.67. The summed E-state index contributed by atoms with van der Waals surface area (Å²) >= 11 is 5.77. The number of rotatable bonds is 2. The summed E-state index contributed by atoms with van der Waals surface area (Å²) in [5.74, 6) is 6.03. The Morgan fingerprint density at radius 3 is 2.86 bits per heavy atom. The van der Waals surface area contributed by atoms with Crippen molar-refractivity contribution in [3.05, 3.63) is 28.8 Å². The number of hydrogen-bond acceptors (Lipinski definition) is 2. The van der Waals surface area contributed by atoms with Crippen molar-refractivity contribution < 1.29 is 4.74 Å². The number of nitriles is 1. The second kappa shape index (κ2) is 5.17. The minimum absolute atomic E-state index is 0.307. The number of ether oxygens (including phenoxy) is 1. The molecule has 0 spiro atoms. The molecule has 2 nitrogen and oxygen atoms in total. The lowest BCUT2D eigenvalue weighted by molar-refractivity contribution is 0.370. The van der Waals surface area contributed by atoms with Gasteiger partial charge in [0.05, 0.1) is 11.6 Å². The van der Waals surface area contributed by atoms with E-state index in [0.717, 1.165) is 0 Å². The predicted molar refractivity (Wildman–Crippen MR) is 55.1 cm³/mol. The van der Waals surface area contributed by atoms with Gasteiger partial charge in [-0.1, -0.05) is 17.5 Å². The first kappa shape index (κ1) is 10.4. The summed E-state index contributed by atoms with van der Waals surface area (Å²) < 4.78 is 5.26. The van der Waals surface area contributed by atoms with Crippen LogP contribution in [0.25, 0.3) is 0 Å². The van der Waals surface area contributed by atoms with Gasteiger partial charge in [0.1, 0.15) is 12.4 Å². The summed E-state index contributed by atoms with van der Waals surface area (Å²) in [4.78, 5) is 0. The summed E-state index contributed by atoms with van der Waals surface area (Å²) in [5.41, 5.74) is 0.483. The monoisotopic (exact) mass is 205 g/mol. The summed E-state index contributed by atoms with van der Waals surface area (Å²) in [6.45, 7) is 2.05. The quantitative estimate of drug-likeness (QED) is 0.696. The Balaban J connectivity index is 2.81. The van der Waals surface area contributed by atoms with E-state index in [1.54, 1.807) is 25.1 Å². The molecule has 0 amide bonds. The highest BCUT2D eigenvalue weighted by Gasteiger charge is 1.98. The zero-order valence-electron chi connectivity index (χ0n) is 7.67. The minimum atomic E-state index is 0.307. The Bertz CT molecular complexity index is 423. The minimum Gasteiger partial charge on any atom is -0.481 e. The van der Waals surface area contributed by atoms with Gasteiger partial charge in [-0.25, -0.2) is 0 Å². The molecule has 3 heteroatoms. The summed E-state index contributed by atoms with van der Waals surface area (Å²) in [7, 11) is 0. The molecule has 0 aliphatic carbocycles. The molecule has 0 unspecified atom stereocenters. The Labute approximate surface area is 88.1 Å². The average molecular weight is 206 g/mol. The van der Waals surface area contributed by atoms with Gasteiger partial charge < -0.3 is 4.74 Å². The standard InChI is InChI=1S/C11H8ClNO/c1-2-3-4-14-11-6-9(8-13)5-10(12)7-11/h5-7H,4H2,1H3. The van der Waals surface area contributed by atoms with Crippen molar-refractivity contribution in [3.8, 4) is 23.7 Å². The molecule has 0 aromatic heterocycles. The zero-order valence-corrected chi connectivity index (χ0v) is 8.43. The third-order valence-corrected chi connectivity index (χ3v) is 1.71. The van der Waals surface area contributed by atoms with Gasteiger partial charge in [-0.2, -0.15) is 5.26 Å². The fraction of sp³-hybridized carbons (Fsp3) is 0.182. The average Bonchev–Trinajstić information content (AvgIpc) is 2.17. The lowest BCUT2D eigenvalue weighted by Gasteiger charge is -2.02. The van der Waals surface area contributed by atoms with Crippen molar-refractivity contribution in [2.45, 2.75) is 6.92 Å². The van der Waals surface area contributed by atoms with E-state index in [1.807, 2.05) is 6.07 Å². The first-order valence-corrected chi connectivity index (χ1v) is 4.37. The number of nitrogens with zero attached hydrogens (tertiary/aromatic N) is 1. The highest BCUT2D eigenvalue weighted by atomic mass is 35.5. The van der Waals surface area contributed by atoms with E-state index in [4.69, 9.17) is 21.6 Å². The van der Waals surface area contributed by atoms with Crippen LogP contribution in [-0.2, 0) is 0 Å². The van der Waals surface area contributed by atoms with Crippen LogP contribution in [0, 0.1) is 23.2 Å². The summed E-state index contributed by atoms with van der Waals surface area (Å²) in [5, 5.41) is 9.16. The number of benzene rings is 1. The van der Waals surface area contributed by atoms with Crippen LogP contribution in [0.1, 0.15) is 12.5 Å². The van der Waals surface area contributed by atoms with E-state index < -0.39 is 0 Å². The maximum absolute atomic E-state index is 8.67. The first-order valence-electron chi connectivity index (χ1n) is 3.99. The molecular formula is C11H8ClNO. The molecule has 0 saturated carbocycles. The summed E-state index contributed by atoms with van der Waals surface area (Å²) in [6, 6.07) is 6.86. The lowest BCUT2D eigenvalue weighted by atomic mass is 10.2. The molecule has 0 aliphatic rings. The lowest BCUT2D eigenvalue weighted by Crippen LogP contribution is -1.94. The Morgan fingerprint density at radius 2 is 2.21 bits per heavy atom. The van der Waals surface area contributed by atoms with Crippen LogP contribution in [0.2, 0.25) is 5.02 Å². The van der Waals surface area contributed by atoms with Gasteiger partial charge in [-0.15, -0.1) is 5.92 Å². The molecule has 0 N–H and O–H groups in total. The smallest absolute Gasteiger partial charge is 0.149 e. The molecule has 0 heterocycles. The molecule has 0 fully saturated rings. The molecule has 1 rings (SSSR count). The highest BCUT2D eigenvalue weighted by molar-refractivity contribution is 6.30. The molecule has 14 heavy (non-hydrogen) atoms. The Morgan fingerprint density at radius 1 is 1.43 bits per heavy atom. The van der Waals surface area contributed by atoms with Gasteiger partial charge in [-0.3, -0.25) is 0 Å². The fourth-order valence-corrected chi connectivity index (χ4v) is 1.13. The van der Waals surface area contributed by atoms with Crippen LogP contribution >= 0.6 is 11.6 Å². The van der Waals surface area contributed by atoms with Crippen LogP contribution < -0.4 is 4.74 Å². The topological polar surface area (TPSA) is 33.0 Å². The van der Waals surface area contributed by atoms with Crippen LogP contribution in [0.15, 0.2) is 18.2 Å². The molecule has 0 saturated heterocycles. The van der Waals surface area contributed by atoms with E-state index in [1.165, 1.54) is 0 Å². The largest absolute Gasteiger partial charge is 0.481 e. The van der Waals surface area contributed by atoms with Crippen molar-refractivity contribution in [3.63, 3.8) is 0 Å². The molecule has 70 valence electrons. The van der Waals surface area contributed by atoms with Crippen LogP contribution in [0.3, 0.4) is 0 Å². The van der Waals surface area contributed by atoms with Gasteiger partial charge in [0.2, 0.25) is 0 Å². The number of hydrogen-bond donors (Lipinski definition) is 0. The SMILES string of the molecule is CC#CCOc1cc(Cl)cc(C#N)c1. The van der Waals surface area contributed by atoms with Gasteiger partial charge in [0, 0.05) is 5.02 Å². The zero-order chi connectivity index (χ0) is 10.4. The molecule has 1 aromatic rings. The van der Waals surface area contributed by atoms with Crippen LogP contribution in [0.4, 0.5) is 0 Å². The van der Waals surface area contributed by atoms with Gasteiger partial charge >= 0.3 is 0 Å². The predicted octanol–water partition coefficient (Wildman–Crippen LogP) is 2.61. The highest BCUT2D eigenvalue weighted by Crippen LogP contribution is 2.20. The van der Waals surface area contributed by atoms with Crippen molar-refractivity contribution in [2.24, 2.45) is 0 Å². The van der Waals surface area contributed by atoms with Crippen molar-refractivity contribution in [1.29, 1.82) is 5.26 Å². The van der Waals surface area contributed by atoms with E-state index in [-0.39, 0.29) is 0 Å². The third-order valence-electron chi connectivity index (χ3n) is 1.49. The van der Waals surface area contributed by atoms with Crippen molar-refractivity contribution in [1.82, 2.24) is 0 Å². The second-order valence-corrected chi connectivity index (χ2v) is 2.94. The third kappa shape index (κ3) is 3.01. The molecule has 1 aromatic carbocycles. The van der Waals surface area contributed by atoms with Crippen LogP contribution in [0.5, 0.6) is 5.75 Å². The normalized spacial score (nSPS) is 8.36. The number of halogens is 1. The molecule has 0 radical (unpaired) electrons. The van der Waals surface area contributed by atoms with E-state index >= 15 is 0 Å². The second-order valence-electron chi connectivity index (χ2n) is 2.50. The fourth-order valence-electron chi connectivity index (χ4n) is 0.902. The Hall–Kier alpha value is -1.64. The van der Waals surface area contributed by atoms with E-state index in [9.17, 15) is 0 Å². The molecule has 0 aliphatic heterocycles. The van der Waals surface area contributed by atoms with E-state index in [0.29, 0.717) is 22.9 Å². The van der Waals surface area contributed by atoms with Gasteiger partial charge in [0.15, 0.2) is 0 Å². The molecule has 0 bridgehead atoms. The van der Waals surface area contributed by atoms with Gasteiger partial charge in [-0.05, 0) is 25.1 Å². The van der Waals surface area contributed by atoms with E-state index in [2.05, 4.69) is 11.8 Å². The molecule has 0 atom stereocenters. The summed E-state index contributed by atoms with van der Waals surface area (Å²) in [6.07, 6.45) is 0. The van der Waals surface area contributed by atoms with Crippen molar-refractivity contribution >= 4 is 11.6 Å². The van der Waals surface area contributed by atoms with Crippen molar-refractivity contribution in [2.75, 3.05) is 6.61 Å². The maximum Gasteiger partial charge on any atom is 0.149 e. The Kier molecular flexibility index (Phi) is 3.85.